The molecule has 1 unspecified atom stereocenters. The molecule has 0 aliphatic rings. The van der Waals surface area contributed by atoms with Crippen LogP contribution < -0.4 is 5.32 Å². The largest absolute Gasteiger partial charge is 0.444 e. The van der Waals surface area contributed by atoms with Crippen molar-refractivity contribution in [2.45, 2.75) is 26.1 Å². The van der Waals surface area contributed by atoms with Gasteiger partial charge < -0.3 is 9.73 Å². The molecular weight excluding hydrogens is 272 g/mol. The van der Waals surface area contributed by atoms with Crippen LogP contribution in [0.5, 0.6) is 0 Å². The minimum absolute atomic E-state index is 0.316. The zero-order valence-electron chi connectivity index (χ0n) is 11.2. The van der Waals surface area contributed by atoms with E-state index in [2.05, 4.69) is 22.3 Å². The Morgan fingerprint density at radius 1 is 1.45 bits per heavy atom. The van der Waals surface area contributed by atoms with Gasteiger partial charge in [0.1, 0.15) is 6.26 Å². The van der Waals surface area contributed by atoms with Gasteiger partial charge in [-0.05, 0) is 24.4 Å². The second kappa shape index (κ2) is 6.02. The quantitative estimate of drug-likeness (QED) is 0.758. The summed E-state index contributed by atoms with van der Waals surface area (Å²) in [6.07, 6.45) is 5.46. The fourth-order valence-corrected chi connectivity index (χ4v) is 2.59. The van der Waals surface area contributed by atoms with Crippen molar-refractivity contribution in [2.75, 3.05) is 0 Å². The normalized spacial score (nSPS) is 12.7. The number of aromatic nitrogens is 3. The van der Waals surface area contributed by atoms with E-state index in [1.54, 1.807) is 23.8 Å². The molecule has 3 aromatic rings. The number of rotatable bonds is 6. The summed E-state index contributed by atoms with van der Waals surface area (Å²) in [5, 5.41) is 9.63. The molecule has 0 radical (unpaired) electrons. The van der Waals surface area contributed by atoms with Crippen LogP contribution >= 0.6 is 11.3 Å². The van der Waals surface area contributed by atoms with Gasteiger partial charge in [0.25, 0.3) is 0 Å². The third kappa shape index (κ3) is 3.15. The summed E-state index contributed by atoms with van der Waals surface area (Å²) < 4.78 is 7.40. The lowest BCUT2D eigenvalue weighted by atomic mass is 10.3. The van der Waals surface area contributed by atoms with Gasteiger partial charge in [0.15, 0.2) is 0 Å². The Morgan fingerprint density at radius 3 is 3.15 bits per heavy atom. The van der Waals surface area contributed by atoms with Crippen LogP contribution in [-0.4, -0.2) is 20.8 Å². The summed E-state index contributed by atoms with van der Waals surface area (Å²) in [5.74, 6) is 0.691. The monoisotopic (exact) mass is 288 g/mol. The van der Waals surface area contributed by atoms with Gasteiger partial charge >= 0.3 is 0 Å². The predicted octanol–water partition coefficient (Wildman–Crippen LogP) is 2.78. The highest BCUT2D eigenvalue weighted by atomic mass is 32.1. The van der Waals surface area contributed by atoms with E-state index in [4.69, 9.17) is 4.42 Å². The first-order valence-electron chi connectivity index (χ1n) is 6.50. The molecule has 3 heterocycles. The van der Waals surface area contributed by atoms with Gasteiger partial charge in [-0.3, -0.25) is 4.68 Å². The van der Waals surface area contributed by atoms with Crippen LogP contribution in [0.4, 0.5) is 0 Å². The SMILES string of the molecule is CC(Cn1cccn1)NCc1coc(-c2cccs2)n1. The number of hydrogen-bond donors (Lipinski definition) is 1. The van der Waals surface area contributed by atoms with Gasteiger partial charge in [0.05, 0.1) is 17.1 Å². The zero-order chi connectivity index (χ0) is 13.8. The first-order valence-corrected chi connectivity index (χ1v) is 7.38. The molecule has 3 rings (SSSR count). The molecule has 0 spiro atoms. The summed E-state index contributed by atoms with van der Waals surface area (Å²) in [6, 6.07) is 6.25. The number of oxazole rings is 1. The predicted molar refractivity (Wildman–Crippen MR) is 78.3 cm³/mol. The fraction of sp³-hybridized carbons (Fsp3) is 0.286. The van der Waals surface area contributed by atoms with E-state index < -0.39 is 0 Å². The molecule has 0 aliphatic heterocycles. The van der Waals surface area contributed by atoms with Gasteiger partial charge in [-0.25, -0.2) is 4.98 Å². The molecule has 104 valence electrons. The minimum Gasteiger partial charge on any atom is -0.444 e. The number of thiophene rings is 1. The summed E-state index contributed by atoms with van der Waals surface area (Å²) in [6.45, 7) is 3.65. The van der Waals surface area contributed by atoms with Crippen LogP contribution in [0.25, 0.3) is 10.8 Å². The third-order valence-corrected chi connectivity index (χ3v) is 3.79. The highest BCUT2D eigenvalue weighted by molar-refractivity contribution is 7.13. The molecule has 3 aromatic heterocycles. The van der Waals surface area contributed by atoms with Crippen molar-refractivity contribution in [3.8, 4) is 10.8 Å². The maximum atomic E-state index is 5.49. The van der Waals surface area contributed by atoms with E-state index in [-0.39, 0.29) is 0 Å². The Balaban J connectivity index is 1.53. The van der Waals surface area contributed by atoms with E-state index >= 15 is 0 Å². The first-order chi connectivity index (χ1) is 9.81. The second-order valence-corrected chi connectivity index (χ2v) is 5.58. The van der Waals surface area contributed by atoms with Crippen LogP contribution in [-0.2, 0) is 13.1 Å². The lowest BCUT2D eigenvalue weighted by Crippen LogP contribution is -2.30. The second-order valence-electron chi connectivity index (χ2n) is 4.63. The van der Waals surface area contributed by atoms with Crippen molar-refractivity contribution >= 4 is 11.3 Å². The Hall–Kier alpha value is -1.92. The molecule has 0 saturated heterocycles. The van der Waals surface area contributed by atoms with Crippen molar-refractivity contribution in [2.24, 2.45) is 0 Å². The molecule has 0 fully saturated rings. The van der Waals surface area contributed by atoms with Gasteiger partial charge in [0.2, 0.25) is 5.89 Å². The fourth-order valence-electron chi connectivity index (χ4n) is 1.93. The van der Waals surface area contributed by atoms with Crippen molar-refractivity contribution in [1.29, 1.82) is 0 Å². The zero-order valence-corrected chi connectivity index (χ0v) is 12.0. The molecule has 0 amide bonds. The highest BCUT2D eigenvalue weighted by Crippen LogP contribution is 2.23. The molecule has 5 nitrogen and oxygen atoms in total. The minimum atomic E-state index is 0.316. The van der Waals surface area contributed by atoms with Gasteiger partial charge in [-0.2, -0.15) is 5.10 Å². The molecule has 20 heavy (non-hydrogen) atoms. The molecule has 0 aromatic carbocycles. The lowest BCUT2D eigenvalue weighted by molar-refractivity contribution is 0.448. The summed E-state index contributed by atoms with van der Waals surface area (Å²) in [7, 11) is 0. The van der Waals surface area contributed by atoms with E-state index in [9.17, 15) is 0 Å². The molecule has 1 atom stereocenters. The van der Waals surface area contributed by atoms with Gasteiger partial charge in [-0.1, -0.05) is 6.07 Å². The van der Waals surface area contributed by atoms with Crippen molar-refractivity contribution in [1.82, 2.24) is 20.1 Å². The summed E-state index contributed by atoms with van der Waals surface area (Å²) >= 11 is 1.63. The topological polar surface area (TPSA) is 55.9 Å². The Bertz CT molecular complexity index is 630. The molecule has 0 bridgehead atoms. The van der Waals surface area contributed by atoms with Gasteiger partial charge in [0, 0.05) is 25.0 Å². The van der Waals surface area contributed by atoms with E-state index in [1.807, 2.05) is 34.5 Å². The van der Waals surface area contributed by atoms with E-state index in [0.717, 1.165) is 17.1 Å². The maximum Gasteiger partial charge on any atom is 0.236 e. The average molecular weight is 288 g/mol. The van der Waals surface area contributed by atoms with Crippen molar-refractivity contribution in [3.63, 3.8) is 0 Å². The average Bonchev–Trinajstić information content (AvgIpc) is 3.18. The number of nitrogens with zero attached hydrogens (tertiary/aromatic N) is 3. The number of nitrogens with one attached hydrogen (secondary N) is 1. The lowest BCUT2D eigenvalue weighted by Gasteiger charge is -2.12. The highest BCUT2D eigenvalue weighted by Gasteiger charge is 2.09. The van der Waals surface area contributed by atoms with Gasteiger partial charge in [-0.15, -0.1) is 11.3 Å². The van der Waals surface area contributed by atoms with Crippen molar-refractivity contribution < 1.29 is 4.42 Å². The Kier molecular flexibility index (Phi) is 3.94. The van der Waals surface area contributed by atoms with Crippen LogP contribution in [0.2, 0.25) is 0 Å². The van der Waals surface area contributed by atoms with Crippen LogP contribution in [0, 0.1) is 0 Å². The van der Waals surface area contributed by atoms with E-state index in [0.29, 0.717) is 18.5 Å². The molecular formula is C14H16N4OS. The van der Waals surface area contributed by atoms with Crippen LogP contribution in [0.1, 0.15) is 12.6 Å². The molecule has 1 N–H and O–H groups in total. The van der Waals surface area contributed by atoms with Crippen LogP contribution in [0.15, 0.2) is 46.7 Å². The molecule has 6 heteroatoms. The number of hydrogen-bond acceptors (Lipinski definition) is 5. The molecule has 0 aliphatic carbocycles. The third-order valence-electron chi connectivity index (χ3n) is 2.94. The summed E-state index contributed by atoms with van der Waals surface area (Å²) in [5.41, 5.74) is 0.917. The summed E-state index contributed by atoms with van der Waals surface area (Å²) in [4.78, 5) is 5.54. The van der Waals surface area contributed by atoms with E-state index in [1.165, 1.54) is 0 Å². The first kappa shape index (κ1) is 13.1. The Labute approximate surface area is 121 Å². The maximum absolute atomic E-state index is 5.49. The van der Waals surface area contributed by atoms with Crippen molar-refractivity contribution in [3.05, 3.63) is 47.9 Å². The molecule has 0 saturated carbocycles. The smallest absolute Gasteiger partial charge is 0.236 e. The standard InChI is InChI=1S/C14H16N4OS/c1-11(9-18-6-3-5-16-18)15-8-12-10-19-14(17-12)13-4-2-7-20-13/h2-7,10-11,15H,8-9H2,1H3. The van der Waals surface area contributed by atoms with Crippen LogP contribution in [0.3, 0.4) is 0 Å². The Morgan fingerprint density at radius 2 is 2.40 bits per heavy atom.